The van der Waals surface area contributed by atoms with Gasteiger partial charge in [-0.1, -0.05) is 0 Å². The average molecular weight is 929 g/mol. The van der Waals surface area contributed by atoms with Crippen LogP contribution >= 0.6 is 22.7 Å². The van der Waals surface area contributed by atoms with E-state index < -0.39 is 34.7 Å². The van der Waals surface area contributed by atoms with Crippen LogP contribution in [0.5, 0.6) is 0 Å². The summed E-state index contributed by atoms with van der Waals surface area (Å²) in [6, 6.07) is 15.1. The lowest BCUT2D eigenvalue weighted by molar-refractivity contribution is -0.144. The van der Waals surface area contributed by atoms with E-state index >= 15 is 4.39 Å². The zero-order valence-corrected chi connectivity index (χ0v) is 36.8. The molecule has 22 heteroatoms. The first-order valence-corrected chi connectivity index (χ1v) is 22.3. The number of anilines is 4. The van der Waals surface area contributed by atoms with E-state index in [-0.39, 0.29) is 43.0 Å². The maximum absolute atomic E-state index is 15.2. The highest BCUT2D eigenvalue weighted by molar-refractivity contribution is 7.13. The van der Waals surface area contributed by atoms with E-state index in [2.05, 4.69) is 45.8 Å². The predicted molar refractivity (Wildman–Crippen MR) is 240 cm³/mol. The summed E-state index contributed by atoms with van der Waals surface area (Å²) < 4.78 is 33.3. The van der Waals surface area contributed by atoms with Gasteiger partial charge in [-0.25, -0.2) is 38.7 Å². The van der Waals surface area contributed by atoms with Crippen molar-refractivity contribution in [3.05, 3.63) is 119 Å². The van der Waals surface area contributed by atoms with Gasteiger partial charge >= 0.3 is 0 Å². The zero-order chi connectivity index (χ0) is 45.7. The van der Waals surface area contributed by atoms with Crippen molar-refractivity contribution in [2.45, 2.75) is 30.6 Å². The molecule has 2 amide bonds. The summed E-state index contributed by atoms with van der Waals surface area (Å²) >= 11 is 2.61. The molecular weight excluding hydrogens is 891 g/mol. The number of likely N-dealkylation sites (N-methyl/N-ethyl adjacent to an activating group) is 1. The SMILES string of the molecule is CN1CC[C@@](O)(c2cc(F)cc(-c3csc(-c4ccnc(Nc5ccn(CCN6CC[C@](O)(c7cc(F)cc(-c8csc(-c9ccnc(Nc%10ccn(C)n%10)n9)n8)c7)C6=O)n5)n4)n3)c2)C1=O. The van der Waals surface area contributed by atoms with Gasteiger partial charge in [-0.3, -0.25) is 19.0 Å². The van der Waals surface area contributed by atoms with Crippen molar-refractivity contribution in [1.29, 1.82) is 0 Å². The van der Waals surface area contributed by atoms with Gasteiger partial charge in [0, 0.05) is 105 Å². The van der Waals surface area contributed by atoms with Crippen molar-refractivity contribution in [2.75, 3.05) is 37.3 Å². The Labute approximate surface area is 382 Å². The predicted octanol–water partition coefficient (Wildman–Crippen LogP) is 5.71. The molecule has 0 radical (unpaired) electrons. The molecule has 4 N–H and O–H groups in total. The minimum Gasteiger partial charge on any atom is -0.375 e. The topological polar surface area (TPSA) is 218 Å². The molecule has 66 heavy (non-hydrogen) atoms. The van der Waals surface area contributed by atoms with Crippen molar-refractivity contribution in [3.8, 4) is 43.9 Å². The quantitative estimate of drug-likeness (QED) is 0.109. The Morgan fingerprint density at radius 3 is 1.74 bits per heavy atom. The lowest BCUT2D eigenvalue weighted by Gasteiger charge is -2.23. The molecule has 8 aromatic rings. The number of aryl methyl sites for hydroxylation is 1. The summed E-state index contributed by atoms with van der Waals surface area (Å²) in [6.07, 6.45) is 6.91. The van der Waals surface area contributed by atoms with E-state index in [1.807, 2.05) is 0 Å². The number of aromatic nitrogens is 10. The van der Waals surface area contributed by atoms with E-state index in [1.165, 1.54) is 56.7 Å². The molecule has 2 fully saturated rings. The van der Waals surface area contributed by atoms with Crippen LogP contribution in [0.3, 0.4) is 0 Å². The molecule has 6 aromatic heterocycles. The number of carbonyl (C=O) groups is 2. The highest BCUT2D eigenvalue weighted by Crippen LogP contribution is 2.39. The number of nitrogens with zero attached hydrogens (tertiary/aromatic N) is 12. The Morgan fingerprint density at radius 1 is 0.652 bits per heavy atom. The fraction of sp³-hybridized carbons (Fsp3) is 0.227. The van der Waals surface area contributed by atoms with E-state index in [1.54, 1.807) is 95.4 Å². The molecule has 2 atom stereocenters. The molecule has 2 aromatic carbocycles. The van der Waals surface area contributed by atoms with E-state index in [0.29, 0.717) is 74.6 Å². The molecule has 10 rings (SSSR count). The van der Waals surface area contributed by atoms with Crippen molar-refractivity contribution in [3.63, 3.8) is 0 Å². The van der Waals surface area contributed by atoms with Gasteiger partial charge in [-0.15, -0.1) is 22.7 Å². The van der Waals surface area contributed by atoms with Crippen LogP contribution in [0.4, 0.5) is 32.3 Å². The third-order valence-electron chi connectivity index (χ3n) is 11.4. The van der Waals surface area contributed by atoms with Gasteiger partial charge in [-0.05, 0) is 59.7 Å². The van der Waals surface area contributed by atoms with Crippen LogP contribution in [-0.4, -0.2) is 108 Å². The molecule has 0 aliphatic carbocycles. The maximum atomic E-state index is 15.2. The molecule has 2 saturated heterocycles. The first kappa shape index (κ1) is 42.5. The van der Waals surface area contributed by atoms with Gasteiger partial charge in [0.1, 0.15) is 33.0 Å². The highest BCUT2D eigenvalue weighted by atomic mass is 32.1. The Morgan fingerprint density at radius 2 is 1.20 bits per heavy atom. The number of aliphatic hydroxyl groups is 2. The molecule has 2 aliphatic heterocycles. The second-order valence-corrected chi connectivity index (χ2v) is 17.6. The number of nitrogens with one attached hydrogen (secondary N) is 2. The molecule has 8 heterocycles. The summed E-state index contributed by atoms with van der Waals surface area (Å²) in [5.74, 6) is -0.633. The summed E-state index contributed by atoms with van der Waals surface area (Å²) in [6.45, 7) is 1.13. The summed E-state index contributed by atoms with van der Waals surface area (Å²) in [7, 11) is 3.40. The van der Waals surface area contributed by atoms with Crippen molar-refractivity contribution < 1.29 is 28.6 Å². The van der Waals surface area contributed by atoms with Crippen LogP contribution in [0.15, 0.2) is 96.2 Å². The fourth-order valence-corrected chi connectivity index (χ4v) is 9.53. The first-order chi connectivity index (χ1) is 31.8. The smallest absolute Gasteiger partial charge is 0.259 e. The largest absolute Gasteiger partial charge is 0.375 e. The fourth-order valence-electron chi connectivity index (χ4n) is 7.93. The van der Waals surface area contributed by atoms with Crippen molar-refractivity contribution in [1.82, 2.24) is 59.3 Å². The number of hydrogen-bond donors (Lipinski definition) is 4. The highest BCUT2D eigenvalue weighted by Gasteiger charge is 2.47. The second-order valence-electron chi connectivity index (χ2n) is 15.9. The number of rotatable bonds is 13. The number of hydrogen-bond acceptors (Lipinski definition) is 16. The normalized spacial score (nSPS) is 18.5. The molecule has 334 valence electrons. The lowest BCUT2D eigenvalue weighted by Crippen LogP contribution is -2.39. The Bertz CT molecular complexity index is 3160. The standard InChI is InChI=1S/C44H38F2N14O4S2/c1-57-13-7-43(63,39(57)61)27-17-25(19-29(45)21-27)33-23-65-38(49-33)32-4-10-48-42(52-32)54-36-6-12-60(56-36)16-15-59-14-8-44(64,40(59)62)28-18-26(20-30(46)22-28)34-24-66-37(50-34)31-3-9-47-41(51-31)53-35-5-11-58(2)55-35/h3-6,9-12,17-24,63-64H,7-8,13-16H2,1-2H3,(H,47,51,53,55)(H,48,52,54,56)/t43-,44+/m1/s1. The third kappa shape index (κ3) is 8.25. The molecule has 0 spiro atoms. The molecule has 2 aliphatic rings. The van der Waals surface area contributed by atoms with Crippen LogP contribution in [0.1, 0.15) is 24.0 Å². The number of benzene rings is 2. The monoisotopic (exact) mass is 928 g/mol. The van der Waals surface area contributed by atoms with Crippen molar-refractivity contribution >= 4 is 58.0 Å². The van der Waals surface area contributed by atoms with E-state index in [9.17, 15) is 24.2 Å². The zero-order valence-electron chi connectivity index (χ0n) is 35.1. The van der Waals surface area contributed by atoms with E-state index in [0.717, 1.165) is 0 Å². The number of halogens is 2. The van der Waals surface area contributed by atoms with Gasteiger partial charge in [0.05, 0.1) is 17.9 Å². The van der Waals surface area contributed by atoms with Gasteiger partial charge < -0.3 is 30.6 Å². The van der Waals surface area contributed by atoms with Crippen LogP contribution < -0.4 is 10.6 Å². The van der Waals surface area contributed by atoms with Gasteiger partial charge in [0.15, 0.2) is 22.8 Å². The van der Waals surface area contributed by atoms with Crippen LogP contribution in [0, 0.1) is 11.6 Å². The number of amides is 2. The summed E-state index contributed by atoms with van der Waals surface area (Å²) in [5, 5.41) is 42.5. The number of carbonyl (C=O) groups excluding carboxylic acids is 2. The first-order valence-electron chi connectivity index (χ1n) is 20.6. The Hall–Kier alpha value is -7.40. The second kappa shape index (κ2) is 16.9. The van der Waals surface area contributed by atoms with Crippen molar-refractivity contribution in [2.24, 2.45) is 7.05 Å². The molecule has 0 saturated carbocycles. The summed E-state index contributed by atoms with van der Waals surface area (Å²) in [5.41, 5.74) is -0.654. The van der Waals surface area contributed by atoms with Crippen LogP contribution in [0.2, 0.25) is 0 Å². The Balaban J connectivity index is 0.772. The number of likely N-dealkylation sites (tertiary alicyclic amines) is 2. The maximum Gasteiger partial charge on any atom is 0.259 e. The van der Waals surface area contributed by atoms with Gasteiger partial charge in [0.25, 0.3) is 11.8 Å². The molecule has 0 bridgehead atoms. The number of thiazole rings is 2. The minimum atomic E-state index is -1.94. The molecule has 18 nitrogen and oxygen atoms in total. The van der Waals surface area contributed by atoms with E-state index in [4.69, 9.17) is 4.98 Å². The third-order valence-corrected chi connectivity index (χ3v) is 13.2. The van der Waals surface area contributed by atoms with Crippen LogP contribution in [0.25, 0.3) is 43.9 Å². The molecule has 0 unspecified atom stereocenters. The summed E-state index contributed by atoms with van der Waals surface area (Å²) in [4.78, 5) is 56.5. The van der Waals surface area contributed by atoms with Gasteiger partial charge in [-0.2, -0.15) is 10.2 Å². The van der Waals surface area contributed by atoms with Gasteiger partial charge in [0.2, 0.25) is 11.9 Å². The Kier molecular flexibility index (Phi) is 10.9. The average Bonchev–Trinajstić information content (AvgIpc) is 4.19. The lowest BCUT2D eigenvalue weighted by atomic mass is 9.90. The minimum absolute atomic E-state index is 0.0651. The molecular formula is C44H38F2N14O4S2. The van der Waals surface area contributed by atoms with Crippen LogP contribution in [-0.2, 0) is 34.4 Å².